The number of carbonyl (C=O) groups excluding carboxylic acids is 1. The van der Waals surface area contributed by atoms with Gasteiger partial charge in [-0.25, -0.2) is 0 Å². The van der Waals surface area contributed by atoms with Gasteiger partial charge in [0.25, 0.3) is 0 Å². The van der Waals surface area contributed by atoms with Crippen molar-refractivity contribution in [1.29, 1.82) is 0 Å². The highest BCUT2D eigenvalue weighted by Crippen LogP contribution is 2.13. The van der Waals surface area contributed by atoms with Gasteiger partial charge in [0.05, 0.1) is 12.0 Å². The van der Waals surface area contributed by atoms with E-state index in [0.29, 0.717) is 0 Å². The molecule has 0 aromatic carbocycles. The Morgan fingerprint density at radius 3 is 3.06 bits per heavy atom. The molecule has 4 nitrogen and oxygen atoms in total. The first-order valence-electron chi connectivity index (χ1n) is 5.68. The quantitative estimate of drug-likeness (QED) is 0.856. The highest BCUT2D eigenvalue weighted by molar-refractivity contribution is 5.85. The van der Waals surface area contributed by atoms with Gasteiger partial charge in [0.15, 0.2) is 0 Å². The Kier molecular flexibility index (Phi) is 5.38. The first-order valence-corrected chi connectivity index (χ1v) is 5.68. The normalized spacial score (nSPS) is 20.4. The highest BCUT2D eigenvalue weighted by Gasteiger charge is 2.23. The third-order valence-corrected chi connectivity index (χ3v) is 2.97. The Balaban J connectivity index is 0.00000144. The van der Waals surface area contributed by atoms with E-state index in [0.717, 1.165) is 25.1 Å². The Morgan fingerprint density at radius 1 is 1.65 bits per heavy atom. The van der Waals surface area contributed by atoms with Gasteiger partial charge in [0, 0.05) is 18.9 Å². The topological polar surface area (TPSA) is 54.0 Å². The van der Waals surface area contributed by atoms with E-state index in [1.54, 1.807) is 12.4 Å². The standard InChI is InChI=1S/C12H17N3O.ClH/c1-9(10-3-2-5-13-7-10)15-12(16)11-4-6-14-8-11;/h2-3,5,7,9,11,14H,4,6,8H2,1H3,(H,15,16);1H. The molecular formula is C12H18ClN3O. The van der Waals surface area contributed by atoms with Gasteiger partial charge in [-0.15, -0.1) is 12.4 Å². The molecule has 2 unspecified atom stereocenters. The van der Waals surface area contributed by atoms with Crippen LogP contribution >= 0.6 is 12.4 Å². The van der Waals surface area contributed by atoms with Crippen molar-refractivity contribution in [2.24, 2.45) is 5.92 Å². The molecule has 0 bridgehead atoms. The summed E-state index contributed by atoms with van der Waals surface area (Å²) in [6.07, 6.45) is 4.46. The smallest absolute Gasteiger partial charge is 0.224 e. The van der Waals surface area contributed by atoms with E-state index in [4.69, 9.17) is 0 Å². The van der Waals surface area contributed by atoms with Crippen LogP contribution < -0.4 is 10.6 Å². The Labute approximate surface area is 108 Å². The molecule has 1 aromatic heterocycles. The lowest BCUT2D eigenvalue weighted by Gasteiger charge is -2.16. The number of amides is 1. The van der Waals surface area contributed by atoms with Crippen molar-refractivity contribution in [3.8, 4) is 0 Å². The third-order valence-electron chi connectivity index (χ3n) is 2.97. The van der Waals surface area contributed by atoms with Crippen molar-refractivity contribution in [3.05, 3.63) is 30.1 Å². The van der Waals surface area contributed by atoms with Crippen LogP contribution in [-0.2, 0) is 4.79 Å². The minimum absolute atomic E-state index is 0. The van der Waals surface area contributed by atoms with E-state index in [1.807, 2.05) is 19.1 Å². The van der Waals surface area contributed by atoms with Gasteiger partial charge < -0.3 is 10.6 Å². The molecular weight excluding hydrogens is 238 g/mol. The lowest BCUT2D eigenvalue weighted by Crippen LogP contribution is -2.33. The Morgan fingerprint density at radius 2 is 2.47 bits per heavy atom. The second kappa shape index (κ2) is 6.57. The number of hydrogen-bond acceptors (Lipinski definition) is 3. The van der Waals surface area contributed by atoms with Crippen LogP contribution in [0.4, 0.5) is 0 Å². The maximum Gasteiger partial charge on any atom is 0.224 e. The number of pyridine rings is 1. The zero-order chi connectivity index (χ0) is 11.4. The highest BCUT2D eigenvalue weighted by atomic mass is 35.5. The minimum Gasteiger partial charge on any atom is -0.349 e. The molecule has 1 aliphatic heterocycles. The van der Waals surface area contributed by atoms with E-state index in [1.165, 1.54) is 0 Å². The Hall–Kier alpha value is -1.13. The molecule has 1 saturated heterocycles. The molecule has 0 spiro atoms. The predicted octanol–water partition coefficient (Wildman–Crippen LogP) is 1.29. The van der Waals surface area contributed by atoms with Crippen molar-refractivity contribution in [2.75, 3.05) is 13.1 Å². The average Bonchev–Trinajstić information content (AvgIpc) is 2.83. The van der Waals surface area contributed by atoms with Crippen LogP contribution in [0, 0.1) is 5.92 Å². The summed E-state index contributed by atoms with van der Waals surface area (Å²) in [5.74, 6) is 0.264. The van der Waals surface area contributed by atoms with Crippen LogP contribution in [0.25, 0.3) is 0 Å². The fourth-order valence-corrected chi connectivity index (χ4v) is 1.93. The lowest BCUT2D eigenvalue weighted by atomic mass is 10.1. The summed E-state index contributed by atoms with van der Waals surface area (Å²) in [5, 5.41) is 6.21. The largest absolute Gasteiger partial charge is 0.349 e. The number of rotatable bonds is 3. The zero-order valence-electron chi connectivity index (χ0n) is 9.85. The van der Waals surface area contributed by atoms with E-state index in [-0.39, 0.29) is 30.3 Å². The van der Waals surface area contributed by atoms with E-state index in [2.05, 4.69) is 15.6 Å². The molecule has 2 rings (SSSR count). The summed E-state index contributed by atoms with van der Waals surface area (Å²) in [7, 11) is 0. The maximum atomic E-state index is 11.9. The van der Waals surface area contributed by atoms with Gasteiger partial charge in [-0.3, -0.25) is 9.78 Å². The molecule has 1 aromatic rings. The van der Waals surface area contributed by atoms with Crippen LogP contribution in [0.1, 0.15) is 24.9 Å². The fourth-order valence-electron chi connectivity index (χ4n) is 1.93. The van der Waals surface area contributed by atoms with Gasteiger partial charge >= 0.3 is 0 Å². The summed E-state index contributed by atoms with van der Waals surface area (Å²) in [5.41, 5.74) is 1.04. The zero-order valence-corrected chi connectivity index (χ0v) is 10.7. The molecule has 94 valence electrons. The molecule has 0 saturated carbocycles. The number of aromatic nitrogens is 1. The number of halogens is 1. The van der Waals surface area contributed by atoms with Crippen molar-refractivity contribution < 1.29 is 4.79 Å². The van der Waals surface area contributed by atoms with E-state index < -0.39 is 0 Å². The molecule has 1 amide bonds. The minimum atomic E-state index is 0. The van der Waals surface area contributed by atoms with E-state index >= 15 is 0 Å². The summed E-state index contributed by atoms with van der Waals surface area (Å²) < 4.78 is 0. The molecule has 5 heteroatoms. The molecule has 2 atom stereocenters. The summed E-state index contributed by atoms with van der Waals surface area (Å²) >= 11 is 0. The average molecular weight is 256 g/mol. The third kappa shape index (κ3) is 3.68. The Bertz CT molecular complexity index is 352. The van der Waals surface area contributed by atoms with Gasteiger partial charge in [0.1, 0.15) is 0 Å². The van der Waals surface area contributed by atoms with Crippen LogP contribution in [0.2, 0.25) is 0 Å². The van der Waals surface area contributed by atoms with Crippen LogP contribution in [-0.4, -0.2) is 24.0 Å². The van der Waals surface area contributed by atoms with Crippen molar-refractivity contribution in [1.82, 2.24) is 15.6 Å². The lowest BCUT2D eigenvalue weighted by molar-refractivity contribution is -0.125. The van der Waals surface area contributed by atoms with Crippen molar-refractivity contribution >= 4 is 18.3 Å². The number of carbonyl (C=O) groups is 1. The molecule has 0 radical (unpaired) electrons. The van der Waals surface area contributed by atoms with Crippen LogP contribution in [0.5, 0.6) is 0 Å². The SMILES string of the molecule is CC(NC(=O)C1CCNC1)c1cccnc1.Cl. The first-order chi connectivity index (χ1) is 7.77. The molecule has 0 aliphatic carbocycles. The van der Waals surface area contributed by atoms with Gasteiger partial charge in [-0.2, -0.15) is 0 Å². The predicted molar refractivity (Wildman–Crippen MR) is 69.0 cm³/mol. The molecule has 17 heavy (non-hydrogen) atoms. The summed E-state index contributed by atoms with van der Waals surface area (Å²) in [4.78, 5) is 15.9. The number of hydrogen-bond donors (Lipinski definition) is 2. The van der Waals surface area contributed by atoms with Crippen molar-refractivity contribution in [3.63, 3.8) is 0 Å². The molecule has 2 heterocycles. The molecule has 2 N–H and O–H groups in total. The molecule has 1 fully saturated rings. The monoisotopic (exact) mass is 255 g/mol. The van der Waals surface area contributed by atoms with E-state index in [9.17, 15) is 4.79 Å². The number of nitrogens with zero attached hydrogens (tertiary/aromatic N) is 1. The maximum absolute atomic E-state index is 11.9. The molecule has 1 aliphatic rings. The first kappa shape index (κ1) is 13.9. The summed E-state index contributed by atoms with van der Waals surface area (Å²) in [6.45, 7) is 3.72. The van der Waals surface area contributed by atoms with Gasteiger partial charge in [-0.1, -0.05) is 6.07 Å². The fraction of sp³-hybridized carbons (Fsp3) is 0.500. The summed E-state index contributed by atoms with van der Waals surface area (Å²) in [6, 6.07) is 3.89. The second-order valence-electron chi connectivity index (χ2n) is 4.21. The van der Waals surface area contributed by atoms with Crippen molar-refractivity contribution in [2.45, 2.75) is 19.4 Å². The van der Waals surface area contributed by atoms with Gasteiger partial charge in [0.2, 0.25) is 5.91 Å². The van der Waals surface area contributed by atoms with Crippen LogP contribution in [0.15, 0.2) is 24.5 Å². The van der Waals surface area contributed by atoms with Crippen LogP contribution in [0.3, 0.4) is 0 Å². The van der Waals surface area contributed by atoms with Gasteiger partial charge in [-0.05, 0) is 31.5 Å². The number of nitrogens with one attached hydrogen (secondary N) is 2. The second-order valence-corrected chi connectivity index (χ2v) is 4.21.